The molecule has 0 spiro atoms. The van der Waals surface area contributed by atoms with Gasteiger partial charge in [0.25, 0.3) is 0 Å². The second kappa shape index (κ2) is 7.85. The number of carbonyl (C=O) groups excluding carboxylic acids is 1. The van der Waals surface area contributed by atoms with Crippen LogP contribution in [0, 0.1) is 11.8 Å². The Labute approximate surface area is 117 Å². The van der Waals surface area contributed by atoms with Crippen molar-refractivity contribution in [1.29, 1.82) is 0 Å². The van der Waals surface area contributed by atoms with E-state index in [4.69, 9.17) is 10.5 Å². The number of nitrogens with two attached hydrogens (primary N) is 1. The van der Waals surface area contributed by atoms with Gasteiger partial charge in [0.2, 0.25) is 5.91 Å². The molecule has 4 heteroatoms. The van der Waals surface area contributed by atoms with Crippen molar-refractivity contribution >= 4 is 5.91 Å². The molecule has 0 aromatic heterocycles. The molecule has 3 unspecified atom stereocenters. The summed E-state index contributed by atoms with van der Waals surface area (Å²) in [4.78, 5) is 11.7. The summed E-state index contributed by atoms with van der Waals surface area (Å²) in [5.41, 5.74) is 5.08. The highest BCUT2D eigenvalue weighted by Crippen LogP contribution is 2.37. The Balaban J connectivity index is 2.34. The van der Waals surface area contributed by atoms with Crippen molar-refractivity contribution < 1.29 is 9.53 Å². The molecule has 112 valence electrons. The summed E-state index contributed by atoms with van der Waals surface area (Å²) in [5, 5.41) is 3.17. The normalized spacial score (nSPS) is 28.5. The molecule has 1 aliphatic carbocycles. The number of hydrogen-bond donors (Lipinski definition) is 2. The third-order valence-corrected chi connectivity index (χ3v) is 4.50. The Bertz CT molecular complexity index is 283. The molecule has 3 N–H and O–H groups in total. The largest absolute Gasteiger partial charge is 0.381 e. The molecule has 1 amide bonds. The zero-order chi connectivity index (χ0) is 14.3. The zero-order valence-corrected chi connectivity index (χ0v) is 12.7. The number of ether oxygens (including phenoxy) is 1. The summed E-state index contributed by atoms with van der Waals surface area (Å²) in [6.07, 6.45) is 6.33. The lowest BCUT2D eigenvalue weighted by atomic mass is 9.84. The van der Waals surface area contributed by atoms with Gasteiger partial charge in [-0.05, 0) is 44.6 Å². The lowest BCUT2D eigenvalue weighted by molar-refractivity contribution is -0.126. The topological polar surface area (TPSA) is 64.3 Å². The number of nitrogens with one attached hydrogen (secondary N) is 1. The van der Waals surface area contributed by atoms with E-state index in [0.29, 0.717) is 11.8 Å². The highest BCUT2D eigenvalue weighted by Gasteiger charge is 2.46. The Morgan fingerprint density at radius 3 is 2.89 bits per heavy atom. The van der Waals surface area contributed by atoms with Gasteiger partial charge in [0, 0.05) is 13.2 Å². The molecule has 19 heavy (non-hydrogen) atoms. The zero-order valence-electron chi connectivity index (χ0n) is 12.7. The predicted octanol–water partition coefficient (Wildman–Crippen LogP) is 2.07. The van der Waals surface area contributed by atoms with E-state index >= 15 is 0 Å². The SMILES string of the molecule is CCCC(C)COCCC1CCCC1(NC)C(N)=O. The van der Waals surface area contributed by atoms with Crippen LogP contribution in [0.4, 0.5) is 0 Å². The summed E-state index contributed by atoms with van der Waals surface area (Å²) < 4.78 is 5.75. The molecule has 0 aliphatic heterocycles. The first-order valence-electron chi connectivity index (χ1n) is 7.63. The molecule has 0 saturated heterocycles. The van der Waals surface area contributed by atoms with Crippen LogP contribution >= 0.6 is 0 Å². The number of rotatable bonds is 9. The van der Waals surface area contributed by atoms with Crippen LogP contribution in [0.15, 0.2) is 0 Å². The van der Waals surface area contributed by atoms with Crippen LogP contribution in [0.3, 0.4) is 0 Å². The van der Waals surface area contributed by atoms with Gasteiger partial charge in [-0.25, -0.2) is 0 Å². The molecule has 0 radical (unpaired) electrons. The van der Waals surface area contributed by atoms with Crippen molar-refractivity contribution in [3.63, 3.8) is 0 Å². The first-order valence-corrected chi connectivity index (χ1v) is 7.63. The van der Waals surface area contributed by atoms with E-state index in [2.05, 4.69) is 19.2 Å². The number of amides is 1. The van der Waals surface area contributed by atoms with Crippen LogP contribution in [0.2, 0.25) is 0 Å². The van der Waals surface area contributed by atoms with E-state index in [-0.39, 0.29) is 5.91 Å². The summed E-state index contributed by atoms with van der Waals surface area (Å²) in [5.74, 6) is 0.729. The highest BCUT2D eigenvalue weighted by molar-refractivity contribution is 5.85. The molecule has 0 aromatic carbocycles. The van der Waals surface area contributed by atoms with Crippen LogP contribution in [-0.2, 0) is 9.53 Å². The minimum Gasteiger partial charge on any atom is -0.381 e. The van der Waals surface area contributed by atoms with E-state index < -0.39 is 5.54 Å². The van der Waals surface area contributed by atoms with Crippen LogP contribution in [0.5, 0.6) is 0 Å². The van der Waals surface area contributed by atoms with E-state index in [1.807, 2.05) is 7.05 Å². The van der Waals surface area contributed by atoms with Gasteiger partial charge in [-0.2, -0.15) is 0 Å². The summed E-state index contributed by atoms with van der Waals surface area (Å²) >= 11 is 0. The number of primary amides is 1. The molecule has 1 rings (SSSR count). The second-order valence-electron chi connectivity index (χ2n) is 5.93. The molecule has 0 aromatic rings. The third-order valence-electron chi connectivity index (χ3n) is 4.50. The highest BCUT2D eigenvalue weighted by atomic mass is 16.5. The maximum atomic E-state index is 11.7. The van der Waals surface area contributed by atoms with Gasteiger partial charge < -0.3 is 15.8 Å². The fraction of sp³-hybridized carbons (Fsp3) is 0.933. The molecular formula is C15H30N2O2. The third kappa shape index (κ3) is 4.18. The second-order valence-corrected chi connectivity index (χ2v) is 5.93. The number of carbonyl (C=O) groups is 1. The Morgan fingerprint density at radius 1 is 1.58 bits per heavy atom. The van der Waals surface area contributed by atoms with Gasteiger partial charge in [0.05, 0.1) is 0 Å². The van der Waals surface area contributed by atoms with Gasteiger partial charge >= 0.3 is 0 Å². The van der Waals surface area contributed by atoms with E-state index in [9.17, 15) is 4.79 Å². The van der Waals surface area contributed by atoms with Crippen LogP contribution in [0.25, 0.3) is 0 Å². The lowest BCUT2D eigenvalue weighted by Gasteiger charge is -2.32. The van der Waals surface area contributed by atoms with Crippen molar-refractivity contribution in [1.82, 2.24) is 5.32 Å². The van der Waals surface area contributed by atoms with Crippen molar-refractivity contribution in [2.75, 3.05) is 20.3 Å². The molecule has 3 atom stereocenters. The van der Waals surface area contributed by atoms with Gasteiger partial charge in [-0.1, -0.05) is 26.7 Å². The monoisotopic (exact) mass is 270 g/mol. The maximum Gasteiger partial charge on any atom is 0.238 e. The molecule has 0 bridgehead atoms. The minimum atomic E-state index is -0.502. The van der Waals surface area contributed by atoms with Gasteiger partial charge in [0.15, 0.2) is 0 Å². The molecule has 1 saturated carbocycles. The van der Waals surface area contributed by atoms with Crippen LogP contribution in [-0.4, -0.2) is 31.7 Å². The Morgan fingerprint density at radius 2 is 2.32 bits per heavy atom. The fourth-order valence-corrected chi connectivity index (χ4v) is 3.33. The molecule has 1 aliphatic rings. The fourth-order valence-electron chi connectivity index (χ4n) is 3.33. The molecule has 0 heterocycles. The Hall–Kier alpha value is -0.610. The average Bonchev–Trinajstić information content (AvgIpc) is 2.79. The van der Waals surface area contributed by atoms with Crippen molar-refractivity contribution in [3.05, 3.63) is 0 Å². The van der Waals surface area contributed by atoms with E-state index in [1.54, 1.807) is 0 Å². The van der Waals surface area contributed by atoms with Crippen LogP contribution < -0.4 is 11.1 Å². The van der Waals surface area contributed by atoms with Crippen molar-refractivity contribution in [2.45, 2.75) is 57.9 Å². The minimum absolute atomic E-state index is 0.211. The van der Waals surface area contributed by atoms with Gasteiger partial charge in [-0.15, -0.1) is 0 Å². The average molecular weight is 270 g/mol. The summed E-state index contributed by atoms with van der Waals surface area (Å²) in [6, 6.07) is 0. The molecule has 1 fully saturated rings. The smallest absolute Gasteiger partial charge is 0.238 e. The van der Waals surface area contributed by atoms with Gasteiger partial charge in [0.1, 0.15) is 5.54 Å². The lowest BCUT2D eigenvalue weighted by Crippen LogP contribution is -2.56. The summed E-state index contributed by atoms with van der Waals surface area (Å²) in [7, 11) is 1.84. The molecule has 4 nitrogen and oxygen atoms in total. The first-order chi connectivity index (χ1) is 9.06. The summed E-state index contributed by atoms with van der Waals surface area (Å²) in [6.45, 7) is 5.97. The number of hydrogen-bond acceptors (Lipinski definition) is 3. The quantitative estimate of drug-likeness (QED) is 0.630. The van der Waals surface area contributed by atoms with E-state index in [1.165, 1.54) is 12.8 Å². The first kappa shape index (κ1) is 16.4. The number of likely N-dealkylation sites (N-methyl/N-ethyl adjacent to an activating group) is 1. The standard InChI is InChI=1S/C15H30N2O2/c1-4-6-12(2)11-19-10-8-13-7-5-9-15(13,17-3)14(16)18/h12-13,17H,4-11H2,1-3H3,(H2,16,18). The van der Waals surface area contributed by atoms with Crippen molar-refractivity contribution in [3.8, 4) is 0 Å². The molecular weight excluding hydrogens is 240 g/mol. The Kier molecular flexibility index (Phi) is 6.80. The predicted molar refractivity (Wildman–Crippen MR) is 77.8 cm³/mol. The maximum absolute atomic E-state index is 11.7. The van der Waals surface area contributed by atoms with Crippen molar-refractivity contribution in [2.24, 2.45) is 17.6 Å². The van der Waals surface area contributed by atoms with E-state index in [0.717, 1.165) is 38.9 Å². The van der Waals surface area contributed by atoms with Crippen LogP contribution in [0.1, 0.15) is 52.4 Å². The van der Waals surface area contributed by atoms with Gasteiger partial charge in [-0.3, -0.25) is 4.79 Å².